The van der Waals surface area contributed by atoms with E-state index in [1.54, 1.807) is 10.5 Å². The SMILES string of the molecule is CS(=O)(=O)N1CCO[C@@H]2CCN(Cc3cccnc3)C[C@H]21. The van der Waals surface area contributed by atoms with Crippen LogP contribution >= 0.6 is 0 Å². The van der Waals surface area contributed by atoms with Crippen LogP contribution in [-0.4, -0.2) is 67.2 Å². The monoisotopic (exact) mass is 311 g/mol. The zero-order chi connectivity index (χ0) is 14.9. The van der Waals surface area contributed by atoms with Crippen molar-refractivity contribution in [3.63, 3.8) is 0 Å². The van der Waals surface area contributed by atoms with Crippen LogP contribution in [0.3, 0.4) is 0 Å². The highest BCUT2D eigenvalue weighted by Gasteiger charge is 2.40. The average molecular weight is 311 g/mol. The van der Waals surface area contributed by atoms with Crippen molar-refractivity contribution < 1.29 is 13.2 Å². The Hall–Kier alpha value is -1.02. The quantitative estimate of drug-likeness (QED) is 0.804. The first-order valence-corrected chi connectivity index (χ1v) is 9.08. The summed E-state index contributed by atoms with van der Waals surface area (Å²) in [7, 11) is -3.18. The standard InChI is InChI=1S/C14H21N3O3S/c1-21(18,19)17-7-8-20-14-4-6-16(11-13(14)17)10-12-3-2-5-15-9-12/h2-3,5,9,13-14H,4,6-8,10-11H2,1H3/t13-,14-/m1/s1. The van der Waals surface area contributed by atoms with Gasteiger partial charge in [-0.3, -0.25) is 9.88 Å². The van der Waals surface area contributed by atoms with Gasteiger partial charge in [0, 0.05) is 38.6 Å². The number of ether oxygens (including phenoxy) is 1. The van der Waals surface area contributed by atoms with Crippen LogP contribution in [0.4, 0.5) is 0 Å². The van der Waals surface area contributed by atoms with Crippen molar-refractivity contribution in [2.75, 3.05) is 32.5 Å². The fourth-order valence-electron chi connectivity index (χ4n) is 3.21. The molecule has 3 heterocycles. The van der Waals surface area contributed by atoms with Crippen LogP contribution in [0.15, 0.2) is 24.5 Å². The van der Waals surface area contributed by atoms with E-state index in [1.165, 1.54) is 6.26 Å². The van der Waals surface area contributed by atoms with Crippen molar-refractivity contribution in [1.82, 2.24) is 14.2 Å². The Morgan fingerprint density at radius 2 is 2.29 bits per heavy atom. The van der Waals surface area contributed by atoms with Crippen LogP contribution < -0.4 is 0 Å². The molecular weight excluding hydrogens is 290 g/mol. The maximum Gasteiger partial charge on any atom is 0.211 e. The molecule has 0 unspecified atom stereocenters. The van der Waals surface area contributed by atoms with Crippen LogP contribution in [0, 0.1) is 0 Å². The van der Waals surface area contributed by atoms with Crippen molar-refractivity contribution in [3.8, 4) is 0 Å². The predicted molar refractivity (Wildman–Crippen MR) is 79.2 cm³/mol. The smallest absolute Gasteiger partial charge is 0.211 e. The Bertz CT molecular complexity index is 578. The molecule has 0 aliphatic carbocycles. The van der Waals surface area contributed by atoms with E-state index < -0.39 is 10.0 Å². The summed E-state index contributed by atoms with van der Waals surface area (Å²) >= 11 is 0. The van der Waals surface area contributed by atoms with E-state index in [0.29, 0.717) is 19.7 Å². The lowest BCUT2D eigenvalue weighted by molar-refractivity contribution is -0.0768. The minimum absolute atomic E-state index is 0.0265. The average Bonchev–Trinajstić information content (AvgIpc) is 2.46. The van der Waals surface area contributed by atoms with Gasteiger partial charge in [0.2, 0.25) is 10.0 Å². The molecule has 1 aromatic rings. The third-order valence-corrected chi connectivity index (χ3v) is 5.48. The Morgan fingerprint density at radius 3 is 3.00 bits per heavy atom. The number of hydrogen-bond donors (Lipinski definition) is 0. The Balaban J connectivity index is 1.71. The number of piperidine rings is 1. The molecule has 2 aliphatic rings. The van der Waals surface area contributed by atoms with E-state index in [1.807, 2.05) is 18.3 Å². The minimum Gasteiger partial charge on any atom is -0.375 e. The molecule has 116 valence electrons. The van der Waals surface area contributed by atoms with Crippen molar-refractivity contribution in [2.45, 2.75) is 25.1 Å². The molecule has 0 saturated carbocycles. The fourth-order valence-corrected chi connectivity index (χ4v) is 4.31. The number of likely N-dealkylation sites (tertiary alicyclic amines) is 1. The molecule has 2 fully saturated rings. The highest BCUT2D eigenvalue weighted by Crippen LogP contribution is 2.25. The second-order valence-electron chi connectivity index (χ2n) is 5.74. The van der Waals surface area contributed by atoms with Gasteiger partial charge in [-0.15, -0.1) is 0 Å². The van der Waals surface area contributed by atoms with Gasteiger partial charge in [-0.25, -0.2) is 8.42 Å². The molecule has 21 heavy (non-hydrogen) atoms. The van der Waals surface area contributed by atoms with E-state index >= 15 is 0 Å². The lowest BCUT2D eigenvalue weighted by Crippen LogP contribution is -2.60. The Kier molecular flexibility index (Phi) is 4.26. The lowest BCUT2D eigenvalue weighted by Gasteiger charge is -2.45. The van der Waals surface area contributed by atoms with Crippen molar-refractivity contribution >= 4 is 10.0 Å². The highest BCUT2D eigenvalue weighted by atomic mass is 32.2. The second kappa shape index (κ2) is 6.00. The number of aromatic nitrogens is 1. The highest BCUT2D eigenvalue weighted by molar-refractivity contribution is 7.88. The van der Waals surface area contributed by atoms with Gasteiger partial charge in [0.15, 0.2) is 0 Å². The Morgan fingerprint density at radius 1 is 1.43 bits per heavy atom. The van der Waals surface area contributed by atoms with Gasteiger partial charge in [0.1, 0.15) is 0 Å². The summed E-state index contributed by atoms with van der Waals surface area (Å²) in [5.41, 5.74) is 1.15. The largest absolute Gasteiger partial charge is 0.375 e. The van der Waals surface area contributed by atoms with Crippen LogP contribution in [0.5, 0.6) is 0 Å². The number of pyridine rings is 1. The maximum atomic E-state index is 11.9. The zero-order valence-corrected chi connectivity index (χ0v) is 13.0. The maximum absolute atomic E-state index is 11.9. The Labute approximate surface area is 125 Å². The molecule has 1 aromatic heterocycles. The van der Waals surface area contributed by atoms with Crippen molar-refractivity contribution in [2.24, 2.45) is 0 Å². The van der Waals surface area contributed by atoms with E-state index in [4.69, 9.17) is 4.74 Å². The molecule has 0 amide bonds. The third kappa shape index (κ3) is 3.42. The van der Waals surface area contributed by atoms with Gasteiger partial charge < -0.3 is 4.74 Å². The molecule has 0 bridgehead atoms. The summed E-state index contributed by atoms with van der Waals surface area (Å²) in [6, 6.07) is 3.90. The number of morpholine rings is 1. The first kappa shape index (κ1) is 14.9. The van der Waals surface area contributed by atoms with Crippen LogP contribution in [0.1, 0.15) is 12.0 Å². The van der Waals surface area contributed by atoms with Gasteiger partial charge in [-0.2, -0.15) is 4.31 Å². The van der Waals surface area contributed by atoms with Crippen molar-refractivity contribution in [3.05, 3.63) is 30.1 Å². The summed E-state index contributed by atoms with van der Waals surface area (Å²) in [4.78, 5) is 6.41. The number of hydrogen-bond acceptors (Lipinski definition) is 5. The summed E-state index contributed by atoms with van der Waals surface area (Å²) in [5.74, 6) is 0. The first-order valence-electron chi connectivity index (χ1n) is 7.24. The molecule has 2 aliphatic heterocycles. The summed E-state index contributed by atoms with van der Waals surface area (Å²) < 4.78 is 31.3. The van der Waals surface area contributed by atoms with Gasteiger partial charge in [0.25, 0.3) is 0 Å². The van der Waals surface area contributed by atoms with E-state index in [9.17, 15) is 8.42 Å². The fraction of sp³-hybridized carbons (Fsp3) is 0.643. The lowest BCUT2D eigenvalue weighted by atomic mass is 10.00. The van der Waals surface area contributed by atoms with Crippen molar-refractivity contribution in [1.29, 1.82) is 0 Å². The zero-order valence-electron chi connectivity index (χ0n) is 12.2. The summed E-state index contributed by atoms with van der Waals surface area (Å²) in [6.45, 7) is 3.40. The van der Waals surface area contributed by atoms with E-state index in [2.05, 4.69) is 9.88 Å². The molecule has 2 atom stereocenters. The van der Waals surface area contributed by atoms with Gasteiger partial charge in [0.05, 0.1) is 25.0 Å². The van der Waals surface area contributed by atoms with E-state index in [0.717, 1.165) is 25.1 Å². The summed E-state index contributed by atoms with van der Waals surface area (Å²) in [5, 5.41) is 0. The van der Waals surface area contributed by atoms with E-state index in [-0.39, 0.29) is 12.1 Å². The molecule has 0 N–H and O–H groups in total. The topological polar surface area (TPSA) is 62.7 Å². The molecular formula is C14H21N3O3S. The molecule has 2 saturated heterocycles. The third-order valence-electron chi connectivity index (χ3n) is 4.17. The van der Waals surface area contributed by atoms with Crippen LogP contribution in [0.2, 0.25) is 0 Å². The molecule has 0 radical (unpaired) electrons. The number of rotatable bonds is 3. The molecule has 0 spiro atoms. The molecule has 3 rings (SSSR count). The number of fused-ring (bicyclic) bond motifs is 1. The number of nitrogens with zero attached hydrogens (tertiary/aromatic N) is 3. The summed E-state index contributed by atoms with van der Waals surface area (Å²) in [6.07, 6.45) is 5.80. The van der Waals surface area contributed by atoms with Crippen LogP contribution in [-0.2, 0) is 21.3 Å². The molecule has 0 aromatic carbocycles. The van der Waals surface area contributed by atoms with Gasteiger partial charge >= 0.3 is 0 Å². The first-order chi connectivity index (χ1) is 10.0. The molecule has 7 heteroatoms. The predicted octanol–water partition coefficient (Wildman–Crippen LogP) is 0.316. The van der Waals surface area contributed by atoms with Gasteiger partial charge in [-0.05, 0) is 18.1 Å². The van der Waals surface area contributed by atoms with Crippen LogP contribution in [0.25, 0.3) is 0 Å². The molecule has 6 nitrogen and oxygen atoms in total. The minimum atomic E-state index is -3.18. The normalized spacial score (nSPS) is 28.2. The van der Waals surface area contributed by atoms with Gasteiger partial charge in [-0.1, -0.05) is 6.07 Å². The number of sulfonamides is 1. The second-order valence-corrected chi connectivity index (χ2v) is 7.67.